The van der Waals surface area contributed by atoms with E-state index in [4.69, 9.17) is 4.74 Å². The smallest absolute Gasteiger partial charge is 0.150 e. The van der Waals surface area contributed by atoms with Crippen molar-refractivity contribution in [2.75, 3.05) is 18.6 Å². The Hall–Kier alpha value is -1.56. The lowest BCUT2D eigenvalue weighted by atomic mass is 10.0. The number of sulfone groups is 1. The molecule has 1 aliphatic heterocycles. The number of ether oxygens (including phenoxy) is 1. The molecular formula is C14H18N2O3S. The minimum Gasteiger partial charge on any atom is -0.495 e. The van der Waals surface area contributed by atoms with Gasteiger partial charge in [0.15, 0.2) is 9.84 Å². The maximum Gasteiger partial charge on any atom is 0.150 e. The normalized spacial score (nSPS) is 21.9. The van der Waals surface area contributed by atoms with Crippen molar-refractivity contribution in [2.24, 2.45) is 5.92 Å². The molecule has 1 aliphatic rings. The fourth-order valence-electron chi connectivity index (χ4n) is 2.83. The van der Waals surface area contributed by atoms with Gasteiger partial charge in [-0.1, -0.05) is 0 Å². The van der Waals surface area contributed by atoms with Crippen LogP contribution in [0.3, 0.4) is 0 Å². The predicted molar refractivity (Wildman–Crippen MR) is 76.8 cm³/mol. The Balaban J connectivity index is 1.87. The van der Waals surface area contributed by atoms with Crippen LogP contribution in [-0.2, 0) is 16.3 Å². The molecule has 1 fully saturated rings. The van der Waals surface area contributed by atoms with Crippen molar-refractivity contribution in [3.63, 3.8) is 0 Å². The van der Waals surface area contributed by atoms with E-state index >= 15 is 0 Å². The minimum absolute atomic E-state index is 0.172. The number of methoxy groups -OCH3 is 1. The summed E-state index contributed by atoms with van der Waals surface area (Å²) < 4.78 is 30.6. The Morgan fingerprint density at radius 1 is 1.45 bits per heavy atom. The molecule has 3 heterocycles. The standard InChI is InChI=1S/C14H18N2O3S/c1-19-13-5-4-12-8-15-14(16(12)9-13)7-11-3-2-6-20(17,18)10-11/h4-5,8-9,11H,2-3,6-7,10H2,1H3. The second kappa shape index (κ2) is 5.09. The van der Waals surface area contributed by atoms with Gasteiger partial charge in [-0.2, -0.15) is 0 Å². The van der Waals surface area contributed by atoms with Gasteiger partial charge in [-0.3, -0.25) is 0 Å². The van der Waals surface area contributed by atoms with E-state index in [1.54, 1.807) is 7.11 Å². The van der Waals surface area contributed by atoms with Gasteiger partial charge in [0.25, 0.3) is 0 Å². The highest BCUT2D eigenvalue weighted by Crippen LogP contribution is 2.23. The van der Waals surface area contributed by atoms with Crippen LogP contribution in [-0.4, -0.2) is 36.4 Å². The number of aromatic nitrogens is 2. The first-order chi connectivity index (χ1) is 9.57. The molecule has 0 radical (unpaired) electrons. The zero-order valence-electron chi connectivity index (χ0n) is 11.4. The fraction of sp³-hybridized carbons (Fsp3) is 0.500. The summed E-state index contributed by atoms with van der Waals surface area (Å²) in [6.45, 7) is 0. The molecular weight excluding hydrogens is 276 g/mol. The van der Waals surface area contributed by atoms with Crippen LogP contribution in [0.15, 0.2) is 24.5 Å². The Kier molecular flexibility index (Phi) is 3.41. The van der Waals surface area contributed by atoms with Crippen LogP contribution in [0.1, 0.15) is 18.7 Å². The molecule has 2 aromatic heterocycles. The number of hydrogen-bond donors (Lipinski definition) is 0. The molecule has 3 rings (SSSR count). The second-order valence-electron chi connectivity index (χ2n) is 5.36. The molecule has 0 bridgehead atoms. The first-order valence-corrected chi connectivity index (χ1v) is 8.60. The summed E-state index contributed by atoms with van der Waals surface area (Å²) >= 11 is 0. The molecule has 0 amide bonds. The largest absolute Gasteiger partial charge is 0.495 e. The third kappa shape index (κ3) is 2.65. The quantitative estimate of drug-likeness (QED) is 0.864. The van der Waals surface area contributed by atoms with E-state index in [0.717, 1.165) is 29.9 Å². The molecule has 0 saturated carbocycles. The zero-order chi connectivity index (χ0) is 14.2. The van der Waals surface area contributed by atoms with Crippen molar-refractivity contribution >= 4 is 15.4 Å². The average Bonchev–Trinajstić information content (AvgIpc) is 2.80. The molecule has 0 aromatic carbocycles. The SMILES string of the molecule is COc1ccc2cnc(CC3CCCS(=O)(=O)C3)n2c1. The molecule has 6 heteroatoms. The van der Waals surface area contributed by atoms with Gasteiger partial charge in [0.05, 0.1) is 36.5 Å². The molecule has 0 aliphatic carbocycles. The van der Waals surface area contributed by atoms with Crippen LogP contribution in [0.5, 0.6) is 5.75 Å². The number of fused-ring (bicyclic) bond motifs is 1. The third-order valence-electron chi connectivity index (χ3n) is 3.84. The number of nitrogens with zero attached hydrogens (tertiary/aromatic N) is 2. The van der Waals surface area contributed by atoms with Crippen LogP contribution >= 0.6 is 0 Å². The fourth-order valence-corrected chi connectivity index (χ4v) is 4.61. The molecule has 1 atom stereocenters. The van der Waals surface area contributed by atoms with Crippen molar-refractivity contribution in [1.29, 1.82) is 0 Å². The Morgan fingerprint density at radius 3 is 3.05 bits per heavy atom. The molecule has 5 nitrogen and oxygen atoms in total. The van der Waals surface area contributed by atoms with Crippen LogP contribution in [0.25, 0.3) is 5.52 Å². The van der Waals surface area contributed by atoms with E-state index in [1.165, 1.54) is 0 Å². The van der Waals surface area contributed by atoms with E-state index in [9.17, 15) is 8.42 Å². The predicted octanol–water partition coefficient (Wildman–Crippen LogP) is 1.71. The van der Waals surface area contributed by atoms with E-state index in [1.807, 2.05) is 28.9 Å². The van der Waals surface area contributed by atoms with Crippen LogP contribution in [0.2, 0.25) is 0 Å². The lowest BCUT2D eigenvalue weighted by Crippen LogP contribution is -2.27. The van der Waals surface area contributed by atoms with Crippen LogP contribution in [0.4, 0.5) is 0 Å². The summed E-state index contributed by atoms with van der Waals surface area (Å²) in [7, 11) is -1.23. The average molecular weight is 294 g/mol. The summed E-state index contributed by atoms with van der Waals surface area (Å²) in [5, 5.41) is 0. The highest BCUT2D eigenvalue weighted by Gasteiger charge is 2.25. The zero-order valence-corrected chi connectivity index (χ0v) is 12.3. The van der Waals surface area contributed by atoms with E-state index in [0.29, 0.717) is 12.2 Å². The number of pyridine rings is 1. The monoisotopic (exact) mass is 294 g/mol. The summed E-state index contributed by atoms with van der Waals surface area (Å²) in [4.78, 5) is 4.43. The Bertz CT molecular complexity index is 721. The maximum atomic E-state index is 11.7. The summed E-state index contributed by atoms with van der Waals surface area (Å²) in [5.74, 6) is 2.46. The Morgan fingerprint density at radius 2 is 2.30 bits per heavy atom. The van der Waals surface area contributed by atoms with Crippen molar-refractivity contribution in [1.82, 2.24) is 9.38 Å². The molecule has 0 spiro atoms. The van der Waals surface area contributed by atoms with Gasteiger partial charge < -0.3 is 9.14 Å². The first kappa shape index (κ1) is 13.4. The van der Waals surface area contributed by atoms with Crippen molar-refractivity contribution < 1.29 is 13.2 Å². The number of imidazole rings is 1. The summed E-state index contributed by atoms with van der Waals surface area (Å²) in [6.07, 6.45) is 6.12. The van der Waals surface area contributed by atoms with Crippen LogP contribution in [0, 0.1) is 5.92 Å². The van der Waals surface area contributed by atoms with Gasteiger partial charge in [0, 0.05) is 6.42 Å². The third-order valence-corrected chi connectivity index (χ3v) is 5.73. The molecule has 20 heavy (non-hydrogen) atoms. The second-order valence-corrected chi connectivity index (χ2v) is 7.59. The van der Waals surface area contributed by atoms with Crippen molar-refractivity contribution in [2.45, 2.75) is 19.3 Å². The summed E-state index contributed by atoms with van der Waals surface area (Å²) in [5.41, 5.74) is 1.000. The molecule has 0 N–H and O–H groups in total. The first-order valence-electron chi connectivity index (χ1n) is 6.78. The van der Waals surface area contributed by atoms with Gasteiger partial charge in [0.1, 0.15) is 11.6 Å². The van der Waals surface area contributed by atoms with Gasteiger partial charge in [-0.25, -0.2) is 13.4 Å². The van der Waals surface area contributed by atoms with Gasteiger partial charge in [0.2, 0.25) is 0 Å². The molecule has 2 aromatic rings. The molecule has 108 valence electrons. The number of hydrogen-bond acceptors (Lipinski definition) is 4. The van der Waals surface area contributed by atoms with Crippen LogP contribution < -0.4 is 4.74 Å². The molecule has 1 saturated heterocycles. The minimum atomic E-state index is -2.86. The van der Waals surface area contributed by atoms with Crippen molar-refractivity contribution in [3.8, 4) is 5.75 Å². The molecule has 1 unspecified atom stereocenters. The lowest BCUT2D eigenvalue weighted by Gasteiger charge is -2.21. The lowest BCUT2D eigenvalue weighted by molar-refractivity contribution is 0.411. The highest BCUT2D eigenvalue weighted by molar-refractivity contribution is 7.91. The topological polar surface area (TPSA) is 60.7 Å². The van der Waals surface area contributed by atoms with Gasteiger partial charge >= 0.3 is 0 Å². The van der Waals surface area contributed by atoms with Gasteiger partial charge in [-0.15, -0.1) is 0 Å². The highest BCUT2D eigenvalue weighted by atomic mass is 32.2. The van der Waals surface area contributed by atoms with Gasteiger partial charge in [-0.05, 0) is 30.9 Å². The van der Waals surface area contributed by atoms with E-state index in [-0.39, 0.29) is 11.7 Å². The van der Waals surface area contributed by atoms with Crippen molar-refractivity contribution in [3.05, 3.63) is 30.4 Å². The Labute approximate surface area is 118 Å². The number of rotatable bonds is 3. The van der Waals surface area contributed by atoms with E-state index in [2.05, 4.69) is 4.98 Å². The maximum absolute atomic E-state index is 11.7. The van der Waals surface area contributed by atoms with E-state index < -0.39 is 9.84 Å². The summed E-state index contributed by atoms with van der Waals surface area (Å²) in [6, 6.07) is 3.85.